The van der Waals surface area contributed by atoms with Crippen LogP contribution >= 0.6 is 0 Å². The third kappa shape index (κ3) is 3.55. The summed E-state index contributed by atoms with van der Waals surface area (Å²) in [6.45, 7) is 3.50. The van der Waals surface area contributed by atoms with Gasteiger partial charge in [0.05, 0.1) is 0 Å². The zero-order valence-electron chi connectivity index (χ0n) is 10.4. The van der Waals surface area contributed by atoms with Gasteiger partial charge in [-0.25, -0.2) is 9.18 Å². The Morgan fingerprint density at radius 3 is 2.67 bits per heavy atom. The summed E-state index contributed by atoms with van der Waals surface area (Å²) in [5, 5.41) is 11.3. The number of halogens is 1. The summed E-state index contributed by atoms with van der Waals surface area (Å²) in [5.74, 6) is -2.17. The lowest BCUT2D eigenvalue weighted by Gasteiger charge is -2.14. The highest BCUT2D eigenvalue weighted by Crippen LogP contribution is 2.11. The Balaban J connectivity index is 2.86. The van der Waals surface area contributed by atoms with Gasteiger partial charge >= 0.3 is 5.97 Å². The number of benzene rings is 1. The SMILES string of the molecule is CCCC(NC(=O)c1cc(F)ccc1C)C(=O)O. The number of hydrogen-bond acceptors (Lipinski definition) is 2. The molecule has 1 aromatic carbocycles. The van der Waals surface area contributed by atoms with E-state index in [2.05, 4.69) is 5.32 Å². The van der Waals surface area contributed by atoms with Crippen LogP contribution in [0.25, 0.3) is 0 Å². The second-order valence-electron chi connectivity index (χ2n) is 4.11. The Kier molecular flexibility index (Phi) is 4.83. The summed E-state index contributed by atoms with van der Waals surface area (Å²) < 4.78 is 13.1. The Labute approximate surface area is 105 Å². The monoisotopic (exact) mass is 253 g/mol. The smallest absolute Gasteiger partial charge is 0.326 e. The number of rotatable bonds is 5. The first-order valence-electron chi connectivity index (χ1n) is 5.75. The standard InChI is InChI=1S/C13H16FNO3/c1-3-4-11(13(17)18)15-12(16)10-7-9(14)6-5-8(10)2/h5-7,11H,3-4H2,1-2H3,(H,15,16)(H,17,18). The fourth-order valence-electron chi connectivity index (χ4n) is 1.62. The lowest BCUT2D eigenvalue weighted by Crippen LogP contribution is -2.40. The van der Waals surface area contributed by atoms with E-state index in [0.717, 1.165) is 6.07 Å². The number of hydrogen-bond donors (Lipinski definition) is 2. The van der Waals surface area contributed by atoms with Crippen LogP contribution in [0.5, 0.6) is 0 Å². The van der Waals surface area contributed by atoms with Crippen LogP contribution < -0.4 is 5.32 Å². The molecule has 0 bridgehead atoms. The van der Waals surface area contributed by atoms with Crippen molar-refractivity contribution in [3.63, 3.8) is 0 Å². The molecular formula is C13H16FNO3. The van der Waals surface area contributed by atoms with Crippen molar-refractivity contribution in [3.05, 3.63) is 35.1 Å². The maximum atomic E-state index is 13.1. The Hall–Kier alpha value is -1.91. The molecule has 5 heteroatoms. The van der Waals surface area contributed by atoms with Gasteiger partial charge in [-0.3, -0.25) is 4.79 Å². The van der Waals surface area contributed by atoms with Crippen LogP contribution in [0.4, 0.5) is 4.39 Å². The maximum Gasteiger partial charge on any atom is 0.326 e. The van der Waals surface area contributed by atoms with Crippen LogP contribution in [0.3, 0.4) is 0 Å². The molecule has 4 nitrogen and oxygen atoms in total. The van der Waals surface area contributed by atoms with Crippen molar-refractivity contribution < 1.29 is 19.1 Å². The molecule has 0 radical (unpaired) electrons. The summed E-state index contributed by atoms with van der Waals surface area (Å²) in [7, 11) is 0. The van der Waals surface area contributed by atoms with Gasteiger partial charge in [-0.05, 0) is 31.0 Å². The Morgan fingerprint density at radius 2 is 2.11 bits per heavy atom. The summed E-state index contributed by atoms with van der Waals surface area (Å²) in [6.07, 6.45) is 0.981. The Morgan fingerprint density at radius 1 is 1.44 bits per heavy atom. The number of aryl methyl sites for hydroxylation is 1. The molecule has 2 N–H and O–H groups in total. The topological polar surface area (TPSA) is 66.4 Å². The molecule has 98 valence electrons. The molecule has 0 saturated carbocycles. The highest BCUT2D eigenvalue weighted by molar-refractivity contribution is 5.97. The van der Waals surface area contributed by atoms with Crippen molar-refractivity contribution in [2.24, 2.45) is 0 Å². The first-order valence-corrected chi connectivity index (χ1v) is 5.75. The van der Waals surface area contributed by atoms with E-state index in [-0.39, 0.29) is 5.56 Å². The van der Waals surface area contributed by atoms with Crippen molar-refractivity contribution in [2.75, 3.05) is 0 Å². The molecule has 1 amide bonds. The predicted molar refractivity (Wildman–Crippen MR) is 64.9 cm³/mol. The van der Waals surface area contributed by atoms with Gasteiger partial charge in [0.15, 0.2) is 0 Å². The summed E-state index contributed by atoms with van der Waals surface area (Å²) in [5.41, 5.74) is 0.770. The van der Waals surface area contributed by atoms with Crippen molar-refractivity contribution >= 4 is 11.9 Å². The summed E-state index contributed by atoms with van der Waals surface area (Å²) >= 11 is 0. The highest BCUT2D eigenvalue weighted by atomic mass is 19.1. The van der Waals surface area contributed by atoms with E-state index in [0.29, 0.717) is 18.4 Å². The van der Waals surface area contributed by atoms with E-state index in [4.69, 9.17) is 5.11 Å². The summed E-state index contributed by atoms with van der Waals surface area (Å²) in [4.78, 5) is 22.8. The molecule has 1 atom stereocenters. The quantitative estimate of drug-likeness (QED) is 0.844. The number of amides is 1. The lowest BCUT2D eigenvalue weighted by molar-refractivity contribution is -0.139. The number of carbonyl (C=O) groups is 2. The average molecular weight is 253 g/mol. The van der Waals surface area contributed by atoms with Gasteiger partial charge in [0.2, 0.25) is 0 Å². The third-order valence-corrected chi connectivity index (χ3v) is 2.63. The van der Waals surface area contributed by atoms with E-state index in [1.54, 1.807) is 6.92 Å². The van der Waals surface area contributed by atoms with E-state index >= 15 is 0 Å². The number of carbonyl (C=O) groups excluding carboxylic acids is 1. The fourth-order valence-corrected chi connectivity index (χ4v) is 1.62. The van der Waals surface area contributed by atoms with Gasteiger partial charge in [-0.2, -0.15) is 0 Å². The largest absolute Gasteiger partial charge is 0.480 e. The number of carboxylic acid groups (broad SMARTS) is 1. The molecule has 0 aliphatic rings. The highest BCUT2D eigenvalue weighted by Gasteiger charge is 2.20. The zero-order chi connectivity index (χ0) is 13.7. The van der Waals surface area contributed by atoms with Crippen molar-refractivity contribution in [2.45, 2.75) is 32.7 Å². The van der Waals surface area contributed by atoms with Crippen LogP contribution in [0.2, 0.25) is 0 Å². The van der Waals surface area contributed by atoms with E-state index in [9.17, 15) is 14.0 Å². The van der Waals surface area contributed by atoms with E-state index in [1.165, 1.54) is 12.1 Å². The number of carboxylic acids is 1. The second kappa shape index (κ2) is 6.14. The van der Waals surface area contributed by atoms with Crippen LogP contribution in [0.15, 0.2) is 18.2 Å². The fraction of sp³-hybridized carbons (Fsp3) is 0.385. The van der Waals surface area contributed by atoms with Gasteiger partial charge in [-0.1, -0.05) is 19.4 Å². The normalized spacial score (nSPS) is 11.9. The molecule has 1 aromatic rings. The first kappa shape index (κ1) is 14.2. The van der Waals surface area contributed by atoms with Crippen LogP contribution in [0.1, 0.15) is 35.7 Å². The number of nitrogens with one attached hydrogen (secondary N) is 1. The predicted octanol–water partition coefficient (Wildman–Crippen LogP) is 2.12. The minimum Gasteiger partial charge on any atom is -0.480 e. The van der Waals surface area contributed by atoms with Gasteiger partial charge < -0.3 is 10.4 Å². The van der Waals surface area contributed by atoms with Crippen LogP contribution in [-0.4, -0.2) is 23.0 Å². The minimum absolute atomic E-state index is 0.164. The molecule has 0 heterocycles. The molecule has 1 unspecified atom stereocenters. The van der Waals surface area contributed by atoms with Crippen molar-refractivity contribution in [3.8, 4) is 0 Å². The molecule has 0 saturated heterocycles. The molecular weight excluding hydrogens is 237 g/mol. The van der Waals surface area contributed by atoms with Crippen LogP contribution in [0, 0.1) is 12.7 Å². The summed E-state index contributed by atoms with van der Waals surface area (Å²) in [6, 6.07) is 2.91. The lowest BCUT2D eigenvalue weighted by atomic mass is 10.1. The maximum absolute atomic E-state index is 13.1. The second-order valence-corrected chi connectivity index (χ2v) is 4.11. The average Bonchev–Trinajstić information content (AvgIpc) is 2.31. The van der Waals surface area contributed by atoms with Gasteiger partial charge in [0.25, 0.3) is 5.91 Å². The van der Waals surface area contributed by atoms with E-state index in [1.807, 2.05) is 6.92 Å². The van der Waals surface area contributed by atoms with Crippen LogP contribution in [-0.2, 0) is 4.79 Å². The Bertz CT molecular complexity index is 460. The molecule has 0 aliphatic heterocycles. The van der Waals surface area contributed by atoms with E-state index < -0.39 is 23.7 Å². The van der Waals surface area contributed by atoms with Crippen molar-refractivity contribution in [1.29, 1.82) is 0 Å². The van der Waals surface area contributed by atoms with Gasteiger partial charge in [-0.15, -0.1) is 0 Å². The molecule has 0 aliphatic carbocycles. The molecule has 0 spiro atoms. The molecule has 18 heavy (non-hydrogen) atoms. The minimum atomic E-state index is -1.08. The number of aliphatic carboxylic acids is 1. The first-order chi connectivity index (χ1) is 8.45. The zero-order valence-corrected chi connectivity index (χ0v) is 10.4. The van der Waals surface area contributed by atoms with Gasteiger partial charge in [0, 0.05) is 5.56 Å². The molecule has 0 fully saturated rings. The third-order valence-electron chi connectivity index (χ3n) is 2.63. The molecule has 0 aromatic heterocycles. The van der Waals surface area contributed by atoms with Crippen molar-refractivity contribution in [1.82, 2.24) is 5.32 Å². The molecule has 1 rings (SSSR count). The van der Waals surface area contributed by atoms with Gasteiger partial charge in [0.1, 0.15) is 11.9 Å².